The molecule has 0 atom stereocenters. The van der Waals surface area contributed by atoms with Crippen LogP contribution in [0.4, 0.5) is 0 Å². The summed E-state index contributed by atoms with van der Waals surface area (Å²) in [6, 6.07) is 11.5. The highest BCUT2D eigenvalue weighted by molar-refractivity contribution is 5.83. The molecule has 0 radical (unpaired) electrons. The monoisotopic (exact) mass is 335 g/mol. The molecule has 5 nitrogen and oxygen atoms in total. The third-order valence-electron chi connectivity index (χ3n) is 4.20. The van der Waals surface area contributed by atoms with Gasteiger partial charge in [-0.05, 0) is 55.7 Å². The van der Waals surface area contributed by atoms with Gasteiger partial charge in [0.15, 0.2) is 0 Å². The van der Waals surface area contributed by atoms with Crippen molar-refractivity contribution in [1.82, 2.24) is 15.3 Å². The molecule has 2 aromatic heterocycles. The van der Waals surface area contributed by atoms with Crippen LogP contribution in [0.5, 0.6) is 0 Å². The summed E-state index contributed by atoms with van der Waals surface area (Å²) in [6.07, 6.45) is 2.37. The quantitative estimate of drug-likeness (QED) is 0.753. The molecule has 1 amide bonds. The number of pyridine rings is 2. The predicted molar refractivity (Wildman–Crippen MR) is 98.4 cm³/mol. The van der Waals surface area contributed by atoms with Gasteiger partial charge in [-0.25, -0.2) is 0 Å². The van der Waals surface area contributed by atoms with E-state index in [2.05, 4.69) is 21.4 Å². The van der Waals surface area contributed by atoms with E-state index in [0.29, 0.717) is 18.5 Å². The number of fused-ring (bicyclic) bond motifs is 1. The highest BCUT2D eigenvalue weighted by Gasteiger charge is 2.08. The summed E-state index contributed by atoms with van der Waals surface area (Å²) >= 11 is 0. The lowest BCUT2D eigenvalue weighted by molar-refractivity contribution is -0.121. The van der Waals surface area contributed by atoms with Crippen LogP contribution in [-0.2, 0) is 17.8 Å². The number of aryl methyl sites for hydroxylation is 3. The number of hydrogen-bond donors (Lipinski definition) is 2. The molecule has 25 heavy (non-hydrogen) atoms. The molecule has 0 bridgehead atoms. The summed E-state index contributed by atoms with van der Waals surface area (Å²) in [6.45, 7) is 4.42. The molecule has 128 valence electrons. The van der Waals surface area contributed by atoms with Crippen molar-refractivity contribution >= 4 is 16.8 Å². The average Bonchev–Trinajstić information content (AvgIpc) is 2.59. The maximum absolute atomic E-state index is 12.3. The van der Waals surface area contributed by atoms with Gasteiger partial charge in [0, 0.05) is 29.1 Å². The molecule has 2 heterocycles. The number of carbonyl (C=O) groups is 1. The van der Waals surface area contributed by atoms with E-state index < -0.39 is 0 Å². The molecule has 0 saturated heterocycles. The molecular formula is C20H21N3O2. The Morgan fingerprint density at radius 2 is 2.04 bits per heavy atom. The lowest BCUT2D eigenvalue weighted by atomic mass is 10.0. The zero-order chi connectivity index (χ0) is 17.8. The van der Waals surface area contributed by atoms with Crippen LogP contribution in [0.1, 0.15) is 28.8 Å². The van der Waals surface area contributed by atoms with Crippen LogP contribution >= 0.6 is 0 Å². The number of amides is 1. The molecule has 3 aromatic rings. The zero-order valence-electron chi connectivity index (χ0n) is 14.4. The lowest BCUT2D eigenvalue weighted by Crippen LogP contribution is -2.24. The van der Waals surface area contributed by atoms with Gasteiger partial charge in [-0.1, -0.05) is 12.1 Å². The molecule has 0 aliphatic carbocycles. The summed E-state index contributed by atoms with van der Waals surface area (Å²) in [7, 11) is 0. The third kappa shape index (κ3) is 4.12. The topological polar surface area (TPSA) is 74.8 Å². The number of carbonyl (C=O) groups excluding carboxylic acids is 1. The van der Waals surface area contributed by atoms with E-state index >= 15 is 0 Å². The normalized spacial score (nSPS) is 10.8. The first-order chi connectivity index (χ1) is 12.0. The second-order valence-corrected chi connectivity index (χ2v) is 6.26. The van der Waals surface area contributed by atoms with E-state index in [4.69, 9.17) is 0 Å². The molecule has 0 aliphatic heterocycles. The Balaban J connectivity index is 1.67. The van der Waals surface area contributed by atoms with Crippen LogP contribution < -0.4 is 10.9 Å². The Kier molecular flexibility index (Phi) is 4.93. The van der Waals surface area contributed by atoms with Gasteiger partial charge in [0.1, 0.15) is 0 Å². The van der Waals surface area contributed by atoms with Gasteiger partial charge in [0.25, 0.3) is 5.56 Å². The van der Waals surface area contributed by atoms with E-state index in [1.54, 1.807) is 6.20 Å². The van der Waals surface area contributed by atoms with Gasteiger partial charge in [-0.3, -0.25) is 14.6 Å². The van der Waals surface area contributed by atoms with Crippen molar-refractivity contribution in [2.24, 2.45) is 0 Å². The minimum absolute atomic E-state index is 0.0919. The minimum Gasteiger partial charge on any atom is -0.350 e. The number of aromatic amines is 1. The van der Waals surface area contributed by atoms with E-state index in [1.165, 1.54) is 0 Å². The smallest absolute Gasteiger partial charge is 0.251 e. The van der Waals surface area contributed by atoms with Crippen molar-refractivity contribution in [1.29, 1.82) is 0 Å². The van der Waals surface area contributed by atoms with Gasteiger partial charge >= 0.3 is 0 Å². The highest BCUT2D eigenvalue weighted by Crippen LogP contribution is 2.18. The number of nitrogens with zero attached hydrogens (tertiary/aromatic N) is 1. The van der Waals surface area contributed by atoms with Crippen LogP contribution in [0.25, 0.3) is 10.9 Å². The minimum atomic E-state index is -0.130. The van der Waals surface area contributed by atoms with E-state index in [0.717, 1.165) is 27.7 Å². The number of rotatable bonds is 5. The Bertz CT molecular complexity index is 962. The van der Waals surface area contributed by atoms with Crippen LogP contribution in [-0.4, -0.2) is 15.9 Å². The summed E-state index contributed by atoms with van der Waals surface area (Å²) in [4.78, 5) is 31.4. The number of H-pyrrole nitrogens is 1. The van der Waals surface area contributed by atoms with Crippen molar-refractivity contribution in [2.45, 2.75) is 33.2 Å². The van der Waals surface area contributed by atoms with Crippen molar-refractivity contribution in [2.75, 3.05) is 0 Å². The van der Waals surface area contributed by atoms with Gasteiger partial charge in [0.2, 0.25) is 5.91 Å². The second kappa shape index (κ2) is 7.30. The summed E-state index contributed by atoms with van der Waals surface area (Å²) in [5.41, 5.74) is 4.38. The van der Waals surface area contributed by atoms with Gasteiger partial charge in [-0.2, -0.15) is 0 Å². The number of benzene rings is 1. The average molecular weight is 335 g/mol. The number of aromatic nitrogens is 2. The Hall–Kier alpha value is -2.95. The Morgan fingerprint density at radius 1 is 1.20 bits per heavy atom. The standard InChI is InChI=1S/C20H21N3O2/c1-13-9-14(2)17-11-15(20(25)23-18(17)10-13)6-7-19(24)22-12-16-5-3-4-8-21-16/h3-5,8-11H,6-7,12H2,1-2H3,(H,22,24)(H,23,25). The van der Waals surface area contributed by atoms with E-state index in [-0.39, 0.29) is 17.9 Å². The summed E-state index contributed by atoms with van der Waals surface area (Å²) < 4.78 is 0. The van der Waals surface area contributed by atoms with Crippen molar-refractivity contribution < 1.29 is 4.79 Å². The lowest BCUT2D eigenvalue weighted by Gasteiger charge is -2.08. The molecule has 5 heteroatoms. The maximum atomic E-state index is 12.3. The molecule has 1 aromatic carbocycles. The van der Waals surface area contributed by atoms with Crippen molar-refractivity contribution in [3.8, 4) is 0 Å². The highest BCUT2D eigenvalue weighted by atomic mass is 16.1. The van der Waals surface area contributed by atoms with Gasteiger partial charge < -0.3 is 10.3 Å². The molecule has 0 spiro atoms. The first kappa shape index (κ1) is 16.9. The van der Waals surface area contributed by atoms with E-state index in [9.17, 15) is 9.59 Å². The third-order valence-corrected chi connectivity index (χ3v) is 4.20. The summed E-state index contributed by atoms with van der Waals surface area (Å²) in [5.74, 6) is -0.0919. The van der Waals surface area contributed by atoms with Crippen LogP contribution in [0.2, 0.25) is 0 Å². The fraction of sp³-hybridized carbons (Fsp3) is 0.250. The molecule has 0 unspecified atom stereocenters. The second-order valence-electron chi connectivity index (χ2n) is 6.26. The Labute approximate surface area is 146 Å². The van der Waals surface area contributed by atoms with Crippen LogP contribution in [0.15, 0.2) is 47.4 Å². The van der Waals surface area contributed by atoms with Crippen molar-refractivity contribution in [3.63, 3.8) is 0 Å². The largest absolute Gasteiger partial charge is 0.350 e. The van der Waals surface area contributed by atoms with Crippen LogP contribution in [0.3, 0.4) is 0 Å². The first-order valence-electron chi connectivity index (χ1n) is 8.32. The molecule has 2 N–H and O–H groups in total. The predicted octanol–water partition coefficient (Wildman–Crippen LogP) is 2.79. The first-order valence-corrected chi connectivity index (χ1v) is 8.32. The van der Waals surface area contributed by atoms with E-state index in [1.807, 2.05) is 44.2 Å². The fourth-order valence-electron chi connectivity index (χ4n) is 2.93. The maximum Gasteiger partial charge on any atom is 0.251 e. The number of hydrogen-bond acceptors (Lipinski definition) is 3. The molecule has 3 rings (SSSR count). The van der Waals surface area contributed by atoms with Gasteiger partial charge in [-0.15, -0.1) is 0 Å². The molecular weight excluding hydrogens is 314 g/mol. The Morgan fingerprint density at radius 3 is 2.80 bits per heavy atom. The molecule has 0 fully saturated rings. The fourth-order valence-corrected chi connectivity index (χ4v) is 2.93. The zero-order valence-corrected chi connectivity index (χ0v) is 14.4. The van der Waals surface area contributed by atoms with Crippen molar-refractivity contribution in [3.05, 3.63) is 75.3 Å². The van der Waals surface area contributed by atoms with Gasteiger partial charge in [0.05, 0.1) is 12.2 Å². The van der Waals surface area contributed by atoms with Crippen LogP contribution in [0, 0.1) is 13.8 Å². The molecule has 0 saturated carbocycles. The number of nitrogens with one attached hydrogen (secondary N) is 2. The molecule has 0 aliphatic rings. The SMILES string of the molecule is Cc1cc(C)c2cc(CCC(=O)NCc3ccccn3)c(=O)[nH]c2c1. The summed E-state index contributed by atoms with van der Waals surface area (Å²) in [5, 5.41) is 3.85.